The Labute approximate surface area is 170 Å². The minimum Gasteiger partial charge on any atom is -0.337 e. The molecule has 4 rings (SSSR count). The average Bonchev–Trinajstić information content (AvgIpc) is 3.14. The Hall–Kier alpha value is -3.22. The first-order valence-electron chi connectivity index (χ1n) is 8.24. The van der Waals surface area contributed by atoms with Gasteiger partial charge in [-0.1, -0.05) is 41.4 Å². The molecule has 8 heteroatoms. The molecule has 4 aromatic rings. The molecule has 0 atom stereocenters. The topological polar surface area (TPSA) is 84.7 Å². The summed E-state index contributed by atoms with van der Waals surface area (Å²) in [7, 11) is 0. The maximum Gasteiger partial charge on any atom is 0.281 e. The van der Waals surface area contributed by atoms with Crippen molar-refractivity contribution >= 4 is 28.9 Å². The number of aromatic amines is 1. The van der Waals surface area contributed by atoms with Crippen LogP contribution in [0.25, 0.3) is 33.9 Å². The van der Waals surface area contributed by atoms with E-state index in [1.165, 1.54) is 12.1 Å². The van der Waals surface area contributed by atoms with E-state index in [1.807, 2.05) is 24.3 Å². The number of benzene rings is 2. The molecular weight excluding hydrogens is 399 g/mol. The Morgan fingerprint density at radius 3 is 2.32 bits per heavy atom. The molecule has 0 bridgehead atoms. The molecule has 6 nitrogen and oxygen atoms in total. The van der Waals surface area contributed by atoms with Crippen LogP contribution in [0.4, 0.5) is 5.69 Å². The smallest absolute Gasteiger partial charge is 0.281 e. The predicted molar refractivity (Wildman–Crippen MR) is 109 cm³/mol. The van der Waals surface area contributed by atoms with Crippen molar-refractivity contribution in [3.05, 3.63) is 87.2 Å². The largest absolute Gasteiger partial charge is 0.337 e. The highest BCUT2D eigenvalue weighted by Gasteiger charge is 2.24. The minimum absolute atomic E-state index is 0.120. The summed E-state index contributed by atoms with van der Waals surface area (Å²) in [6.45, 7) is 0. The Kier molecular flexibility index (Phi) is 4.81. The number of nitro groups is 1. The highest BCUT2D eigenvalue weighted by atomic mass is 35.5. The molecule has 2 aromatic carbocycles. The van der Waals surface area contributed by atoms with Gasteiger partial charge in [-0.15, -0.1) is 0 Å². The van der Waals surface area contributed by atoms with Gasteiger partial charge in [-0.25, -0.2) is 4.98 Å². The first-order valence-corrected chi connectivity index (χ1v) is 9.00. The van der Waals surface area contributed by atoms with E-state index in [9.17, 15) is 10.1 Å². The van der Waals surface area contributed by atoms with E-state index >= 15 is 0 Å². The highest BCUT2D eigenvalue weighted by molar-refractivity contribution is 6.33. The summed E-state index contributed by atoms with van der Waals surface area (Å²) in [6, 6.07) is 15.4. The van der Waals surface area contributed by atoms with Gasteiger partial charge in [-0.3, -0.25) is 15.1 Å². The van der Waals surface area contributed by atoms with Crippen LogP contribution in [0.15, 0.2) is 67.0 Å². The number of hydrogen-bond acceptors (Lipinski definition) is 4. The molecule has 2 aromatic heterocycles. The summed E-state index contributed by atoms with van der Waals surface area (Å²) in [5, 5.41) is 12.3. The third kappa shape index (κ3) is 3.35. The third-order valence-electron chi connectivity index (χ3n) is 4.22. The van der Waals surface area contributed by atoms with Gasteiger partial charge in [0.1, 0.15) is 11.4 Å². The lowest BCUT2D eigenvalue weighted by Gasteiger charge is -2.03. The number of hydrogen-bond donors (Lipinski definition) is 1. The molecule has 0 spiro atoms. The molecule has 2 heterocycles. The number of aromatic nitrogens is 3. The van der Waals surface area contributed by atoms with Crippen LogP contribution in [-0.4, -0.2) is 19.9 Å². The van der Waals surface area contributed by atoms with E-state index in [0.29, 0.717) is 22.2 Å². The SMILES string of the molecule is O=[N+]([O-])c1cccc(Cl)c1-c1nc(-c2ccc(Cl)cc2)c(-c2ccncc2)[nH]1. The molecule has 0 amide bonds. The zero-order valence-corrected chi connectivity index (χ0v) is 15.8. The van der Waals surface area contributed by atoms with Gasteiger partial charge in [-0.2, -0.15) is 0 Å². The van der Waals surface area contributed by atoms with Crippen LogP contribution < -0.4 is 0 Å². The second kappa shape index (κ2) is 7.42. The lowest BCUT2D eigenvalue weighted by atomic mass is 10.1. The van der Waals surface area contributed by atoms with Gasteiger partial charge in [-0.05, 0) is 30.3 Å². The van der Waals surface area contributed by atoms with Crippen molar-refractivity contribution in [1.29, 1.82) is 0 Å². The van der Waals surface area contributed by atoms with Crippen LogP contribution in [0.5, 0.6) is 0 Å². The normalized spacial score (nSPS) is 10.8. The molecule has 0 saturated heterocycles. The van der Waals surface area contributed by atoms with Crippen LogP contribution in [0, 0.1) is 10.1 Å². The standard InChI is InChI=1S/C20H12Cl2N4O2/c21-14-6-4-12(5-7-14)18-19(13-8-10-23-11-9-13)25-20(24-18)17-15(22)2-1-3-16(17)26(27)28/h1-11H,(H,24,25). The summed E-state index contributed by atoms with van der Waals surface area (Å²) >= 11 is 12.3. The van der Waals surface area contributed by atoms with Crippen LogP contribution in [-0.2, 0) is 0 Å². The molecule has 0 saturated carbocycles. The average molecular weight is 411 g/mol. The molecule has 0 aliphatic heterocycles. The Morgan fingerprint density at radius 2 is 1.64 bits per heavy atom. The molecule has 138 valence electrons. The van der Waals surface area contributed by atoms with Crippen molar-refractivity contribution in [3.63, 3.8) is 0 Å². The second-order valence-corrected chi connectivity index (χ2v) is 6.79. The molecule has 28 heavy (non-hydrogen) atoms. The van der Waals surface area contributed by atoms with Gasteiger partial charge in [0.2, 0.25) is 0 Å². The first kappa shape index (κ1) is 18.2. The minimum atomic E-state index is -0.474. The van der Waals surface area contributed by atoms with E-state index in [2.05, 4.69) is 15.0 Å². The summed E-state index contributed by atoms with van der Waals surface area (Å²) in [6.07, 6.45) is 3.33. The van der Waals surface area contributed by atoms with Gasteiger partial charge >= 0.3 is 0 Å². The maximum atomic E-state index is 11.5. The fourth-order valence-electron chi connectivity index (χ4n) is 2.94. The van der Waals surface area contributed by atoms with Crippen molar-refractivity contribution in [2.75, 3.05) is 0 Å². The quantitative estimate of drug-likeness (QED) is 0.329. The number of nitrogens with one attached hydrogen (secondary N) is 1. The van der Waals surface area contributed by atoms with Crippen molar-refractivity contribution in [2.24, 2.45) is 0 Å². The Morgan fingerprint density at radius 1 is 0.929 bits per heavy atom. The van der Waals surface area contributed by atoms with E-state index < -0.39 is 4.92 Å². The van der Waals surface area contributed by atoms with E-state index in [1.54, 1.807) is 30.6 Å². The van der Waals surface area contributed by atoms with Crippen LogP contribution in [0.2, 0.25) is 10.0 Å². The Balaban J connectivity index is 1.97. The molecule has 0 aliphatic carbocycles. The summed E-state index contributed by atoms with van der Waals surface area (Å²) in [4.78, 5) is 22.9. The molecule has 0 unspecified atom stereocenters. The van der Waals surface area contributed by atoms with E-state index in [4.69, 9.17) is 23.2 Å². The van der Waals surface area contributed by atoms with Crippen molar-refractivity contribution in [2.45, 2.75) is 0 Å². The van der Waals surface area contributed by atoms with E-state index in [-0.39, 0.29) is 16.3 Å². The van der Waals surface area contributed by atoms with Crippen LogP contribution in [0.1, 0.15) is 0 Å². The lowest BCUT2D eigenvalue weighted by Crippen LogP contribution is -1.94. The number of rotatable bonds is 4. The summed E-state index contributed by atoms with van der Waals surface area (Å²) in [5.74, 6) is 0.314. The fourth-order valence-corrected chi connectivity index (χ4v) is 3.32. The monoisotopic (exact) mass is 410 g/mol. The first-order chi connectivity index (χ1) is 13.5. The van der Waals surface area contributed by atoms with Crippen molar-refractivity contribution < 1.29 is 4.92 Å². The Bertz CT molecular complexity index is 1160. The molecule has 0 fully saturated rings. The number of H-pyrrole nitrogens is 1. The van der Waals surface area contributed by atoms with Gasteiger partial charge in [0.15, 0.2) is 0 Å². The zero-order chi connectivity index (χ0) is 19.7. The maximum absolute atomic E-state index is 11.5. The van der Waals surface area contributed by atoms with Crippen molar-refractivity contribution in [3.8, 4) is 33.9 Å². The molecular formula is C20H12Cl2N4O2. The highest BCUT2D eigenvalue weighted by Crippen LogP contribution is 2.39. The lowest BCUT2D eigenvalue weighted by molar-refractivity contribution is -0.384. The van der Waals surface area contributed by atoms with Gasteiger partial charge in [0.25, 0.3) is 5.69 Å². The predicted octanol–water partition coefficient (Wildman–Crippen LogP) is 6.02. The van der Waals surface area contributed by atoms with Crippen LogP contribution in [0.3, 0.4) is 0 Å². The second-order valence-electron chi connectivity index (χ2n) is 5.94. The van der Waals surface area contributed by atoms with Crippen molar-refractivity contribution in [1.82, 2.24) is 15.0 Å². The molecule has 0 radical (unpaired) electrons. The number of halogens is 2. The van der Waals surface area contributed by atoms with Gasteiger partial charge in [0.05, 0.1) is 21.3 Å². The van der Waals surface area contributed by atoms with Gasteiger partial charge < -0.3 is 4.98 Å². The number of imidazole rings is 1. The summed E-state index contributed by atoms with van der Waals surface area (Å²) in [5.41, 5.74) is 3.11. The van der Waals surface area contributed by atoms with E-state index in [0.717, 1.165) is 11.1 Å². The zero-order valence-electron chi connectivity index (χ0n) is 14.3. The fraction of sp³-hybridized carbons (Fsp3) is 0. The number of nitrogens with zero attached hydrogens (tertiary/aromatic N) is 3. The summed E-state index contributed by atoms with van der Waals surface area (Å²) < 4.78 is 0. The number of pyridine rings is 1. The molecule has 1 N–H and O–H groups in total. The third-order valence-corrected chi connectivity index (χ3v) is 4.78. The number of nitro benzene ring substituents is 1. The van der Waals surface area contributed by atoms with Crippen LogP contribution >= 0.6 is 23.2 Å². The molecule has 0 aliphatic rings. The van der Waals surface area contributed by atoms with Gasteiger partial charge in [0, 0.05) is 34.6 Å².